The number of piperazine rings is 1. The molecule has 1 amide bonds. The van der Waals surface area contributed by atoms with Gasteiger partial charge < -0.3 is 14.2 Å². The van der Waals surface area contributed by atoms with Crippen LogP contribution in [0.4, 0.5) is 0 Å². The standard InChI is InChI=1S/C20H24N6O2/c1-14(2)18-15(19(27)25-10-8-24(3)9-11-25)13-22-26(18)20-21-7-6-16(23-20)17-5-4-12-28-17/h4-7,12-14H,8-11H2,1-3H3. The molecule has 0 unspecified atom stereocenters. The predicted molar refractivity (Wildman–Crippen MR) is 104 cm³/mol. The van der Waals surface area contributed by atoms with E-state index in [-0.39, 0.29) is 11.8 Å². The van der Waals surface area contributed by atoms with E-state index >= 15 is 0 Å². The van der Waals surface area contributed by atoms with E-state index in [4.69, 9.17) is 4.42 Å². The van der Waals surface area contributed by atoms with E-state index in [0.29, 0.717) is 23.0 Å². The molecule has 0 atom stereocenters. The molecule has 1 fully saturated rings. The number of amides is 1. The first-order valence-electron chi connectivity index (χ1n) is 9.47. The highest BCUT2D eigenvalue weighted by atomic mass is 16.3. The fourth-order valence-electron chi connectivity index (χ4n) is 3.43. The summed E-state index contributed by atoms with van der Waals surface area (Å²) in [7, 11) is 2.07. The van der Waals surface area contributed by atoms with Crippen molar-refractivity contribution in [3.8, 4) is 17.4 Å². The Balaban J connectivity index is 1.70. The number of carbonyl (C=O) groups excluding carboxylic acids is 1. The van der Waals surface area contributed by atoms with Gasteiger partial charge in [-0.15, -0.1) is 0 Å². The minimum absolute atomic E-state index is 0.0187. The van der Waals surface area contributed by atoms with Crippen LogP contribution in [0.5, 0.6) is 0 Å². The van der Waals surface area contributed by atoms with Gasteiger partial charge in [0.2, 0.25) is 0 Å². The molecule has 0 N–H and O–H groups in total. The summed E-state index contributed by atoms with van der Waals surface area (Å²) in [5, 5.41) is 4.46. The second-order valence-electron chi connectivity index (χ2n) is 7.32. The summed E-state index contributed by atoms with van der Waals surface area (Å²) in [5.41, 5.74) is 2.11. The topological polar surface area (TPSA) is 80.3 Å². The number of furan rings is 1. The molecule has 0 aliphatic carbocycles. The van der Waals surface area contributed by atoms with Gasteiger partial charge in [-0.25, -0.2) is 14.6 Å². The SMILES string of the molecule is CC(C)c1c(C(=O)N2CCN(C)CC2)cnn1-c1nccc(-c2ccco2)n1. The molecule has 3 aromatic heterocycles. The lowest BCUT2D eigenvalue weighted by atomic mass is 10.0. The molecule has 4 heterocycles. The maximum Gasteiger partial charge on any atom is 0.257 e. The van der Waals surface area contributed by atoms with Gasteiger partial charge in [0.15, 0.2) is 5.76 Å². The van der Waals surface area contributed by atoms with E-state index in [1.54, 1.807) is 29.4 Å². The molecule has 0 aromatic carbocycles. The van der Waals surface area contributed by atoms with Crippen LogP contribution in [0.25, 0.3) is 17.4 Å². The number of rotatable bonds is 4. The normalized spacial score (nSPS) is 15.4. The van der Waals surface area contributed by atoms with Gasteiger partial charge in [-0.1, -0.05) is 13.8 Å². The minimum atomic E-state index is 0.0187. The van der Waals surface area contributed by atoms with Crippen molar-refractivity contribution >= 4 is 5.91 Å². The second kappa shape index (κ2) is 7.55. The fraction of sp³-hybridized carbons (Fsp3) is 0.400. The molecule has 0 spiro atoms. The fourth-order valence-corrected chi connectivity index (χ4v) is 3.43. The van der Waals surface area contributed by atoms with Crippen molar-refractivity contribution < 1.29 is 9.21 Å². The summed E-state index contributed by atoms with van der Waals surface area (Å²) in [6.45, 7) is 7.30. The van der Waals surface area contributed by atoms with Gasteiger partial charge in [0.1, 0.15) is 5.69 Å². The Labute approximate surface area is 163 Å². The van der Waals surface area contributed by atoms with Crippen molar-refractivity contribution in [2.45, 2.75) is 19.8 Å². The molecule has 1 saturated heterocycles. The van der Waals surface area contributed by atoms with Crippen molar-refractivity contribution in [2.75, 3.05) is 33.2 Å². The Bertz CT molecular complexity index is 955. The van der Waals surface area contributed by atoms with Crippen molar-refractivity contribution in [1.82, 2.24) is 29.5 Å². The monoisotopic (exact) mass is 380 g/mol. The van der Waals surface area contributed by atoms with E-state index in [9.17, 15) is 4.79 Å². The van der Waals surface area contributed by atoms with E-state index in [1.807, 2.05) is 30.9 Å². The Kier molecular flexibility index (Phi) is 4.95. The molecule has 0 saturated carbocycles. The van der Waals surface area contributed by atoms with Gasteiger partial charge in [0.25, 0.3) is 11.9 Å². The molecular formula is C20H24N6O2. The van der Waals surface area contributed by atoms with Crippen LogP contribution in [-0.2, 0) is 0 Å². The van der Waals surface area contributed by atoms with Crippen LogP contribution in [0.1, 0.15) is 35.8 Å². The summed E-state index contributed by atoms with van der Waals surface area (Å²) < 4.78 is 7.10. The molecule has 8 heteroatoms. The Hall–Kier alpha value is -3.00. The van der Waals surface area contributed by atoms with Gasteiger partial charge in [-0.05, 0) is 31.2 Å². The lowest BCUT2D eigenvalue weighted by Crippen LogP contribution is -2.47. The first-order valence-corrected chi connectivity index (χ1v) is 9.47. The average Bonchev–Trinajstić information content (AvgIpc) is 3.38. The molecule has 1 aliphatic rings. The Morgan fingerprint density at radius 3 is 2.64 bits per heavy atom. The lowest BCUT2D eigenvalue weighted by Gasteiger charge is -2.32. The number of aromatic nitrogens is 4. The molecule has 8 nitrogen and oxygen atoms in total. The van der Waals surface area contributed by atoms with E-state index in [0.717, 1.165) is 31.9 Å². The largest absolute Gasteiger partial charge is 0.463 e. The van der Waals surface area contributed by atoms with Crippen molar-refractivity contribution in [1.29, 1.82) is 0 Å². The molecule has 3 aromatic rings. The van der Waals surface area contributed by atoms with Gasteiger partial charge in [-0.3, -0.25) is 4.79 Å². The van der Waals surface area contributed by atoms with Crippen LogP contribution in [0.2, 0.25) is 0 Å². The first-order chi connectivity index (χ1) is 13.5. The predicted octanol–water partition coefficient (Wildman–Crippen LogP) is 2.43. The smallest absolute Gasteiger partial charge is 0.257 e. The molecule has 1 aliphatic heterocycles. The quantitative estimate of drug-likeness (QED) is 0.692. The maximum absolute atomic E-state index is 13.1. The highest BCUT2D eigenvalue weighted by Crippen LogP contribution is 2.24. The third-order valence-corrected chi connectivity index (χ3v) is 4.98. The van der Waals surface area contributed by atoms with Gasteiger partial charge in [-0.2, -0.15) is 5.10 Å². The third kappa shape index (κ3) is 3.43. The average molecular weight is 380 g/mol. The Morgan fingerprint density at radius 1 is 1.18 bits per heavy atom. The molecule has 0 radical (unpaired) electrons. The van der Waals surface area contributed by atoms with Crippen LogP contribution < -0.4 is 0 Å². The number of nitrogens with zero attached hydrogens (tertiary/aromatic N) is 6. The number of hydrogen-bond acceptors (Lipinski definition) is 6. The van der Waals surface area contributed by atoms with Crippen LogP contribution in [0.3, 0.4) is 0 Å². The van der Waals surface area contributed by atoms with Crippen molar-refractivity contribution in [3.05, 3.63) is 48.1 Å². The number of carbonyl (C=O) groups is 1. The van der Waals surface area contributed by atoms with E-state index in [2.05, 4.69) is 27.0 Å². The zero-order valence-electron chi connectivity index (χ0n) is 16.4. The number of likely N-dealkylation sites (N-methyl/N-ethyl adjacent to an activating group) is 1. The molecular weight excluding hydrogens is 356 g/mol. The molecule has 28 heavy (non-hydrogen) atoms. The lowest BCUT2D eigenvalue weighted by molar-refractivity contribution is 0.0662. The first kappa shape index (κ1) is 18.4. The third-order valence-electron chi connectivity index (χ3n) is 4.98. The summed E-state index contributed by atoms with van der Waals surface area (Å²) in [6, 6.07) is 5.45. The van der Waals surface area contributed by atoms with Crippen molar-refractivity contribution in [3.63, 3.8) is 0 Å². The van der Waals surface area contributed by atoms with Crippen LogP contribution >= 0.6 is 0 Å². The maximum atomic E-state index is 13.1. The van der Waals surface area contributed by atoms with E-state index in [1.165, 1.54) is 0 Å². The van der Waals surface area contributed by atoms with Crippen LogP contribution in [0.15, 0.2) is 41.3 Å². The van der Waals surface area contributed by atoms with Crippen LogP contribution in [-0.4, -0.2) is 68.7 Å². The molecule has 4 rings (SSSR count). The number of hydrogen-bond donors (Lipinski definition) is 0. The summed E-state index contributed by atoms with van der Waals surface area (Å²) >= 11 is 0. The zero-order valence-corrected chi connectivity index (χ0v) is 16.4. The van der Waals surface area contributed by atoms with Gasteiger partial charge in [0.05, 0.1) is 23.7 Å². The van der Waals surface area contributed by atoms with Gasteiger partial charge in [0, 0.05) is 32.4 Å². The van der Waals surface area contributed by atoms with Crippen LogP contribution in [0, 0.1) is 0 Å². The van der Waals surface area contributed by atoms with Gasteiger partial charge >= 0.3 is 0 Å². The molecule has 146 valence electrons. The highest BCUT2D eigenvalue weighted by Gasteiger charge is 2.27. The van der Waals surface area contributed by atoms with E-state index < -0.39 is 0 Å². The Morgan fingerprint density at radius 2 is 1.96 bits per heavy atom. The summed E-state index contributed by atoms with van der Waals surface area (Å²) in [6.07, 6.45) is 4.92. The zero-order chi connectivity index (χ0) is 19.7. The minimum Gasteiger partial charge on any atom is -0.463 e. The summed E-state index contributed by atoms with van der Waals surface area (Å²) in [5.74, 6) is 1.20. The highest BCUT2D eigenvalue weighted by molar-refractivity contribution is 5.95. The summed E-state index contributed by atoms with van der Waals surface area (Å²) in [4.78, 5) is 26.2. The second-order valence-corrected chi connectivity index (χ2v) is 7.32. The molecule has 0 bridgehead atoms. The van der Waals surface area contributed by atoms with Crippen molar-refractivity contribution in [2.24, 2.45) is 0 Å².